The highest BCUT2D eigenvalue weighted by molar-refractivity contribution is 5.56. The fourth-order valence-electron chi connectivity index (χ4n) is 4.41. The number of rotatable bonds is 5. The summed E-state index contributed by atoms with van der Waals surface area (Å²) in [6.45, 7) is 6.96. The number of nitrogens with zero attached hydrogens (tertiary/aromatic N) is 3. The monoisotopic (exact) mass is 352 g/mol. The smallest absolute Gasteiger partial charge is 0.133 e. The minimum Gasteiger partial charge on any atom is -0.370 e. The Morgan fingerprint density at radius 3 is 2.73 bits per heavy atom. The fourth-order valence-corrected chi connectivity index (χ4v) is 4.41. The highest BCUT2D eigenvalue weighted by atomic mass is 15.3. The van der Waals surface area contributed by atoms with Gasteiger partial charge in [0.1, 0.15) is 5.82 Å². The summed E-state index contributed by atoms with van der Waals surface area (Å²) in [5.41, 5.74) is 5.38. The minimum absolute atomic E-state index is 1.04. The van der Waals surface area contributed by atoms with Crippen molar-refractivity contribution in [1.82, 2.24) is 14.7 Å². The summed E-state index contributed by atoms with van der Waals surface area (Å²) in [4.78, 5) is 2.62. The van der Waals surface area contributed by atoms with E-state index in [2.05, 4.69) is 46.1 Å². The second-order valence-corrected chi connectivity index (χ2v) is 7.70. The third kappa shape index (κ3) is 3.66. The van der Waals surface area contributed by atoms with Crippen molar-refractivity contribution in [3.8, 4) is 5.69 Å². The molecule has 1 saturated heterocycles. The van der Waals surface area contributed by atoms with Crippen LogP contribution in [0.15, 0.2) is 24.3 Å². The first-order valence-corrected chi connectivity index (χ1v) is 10.5. The van der Waals surface area contributed by atoms with E-state index in [0.29, 0.717) is 0 Å². The molecule has 0 atom stereocenters. The molecule has 3 heterocycles. The van der Waals surface area contributed by atoms with Crippen molar-refractivity contribution in [2.24, 2.45) is 0 Å². The van der Waals surface area contributed by atoms with E-state index in [-0.39, 0.29) is 0 Å². The number of anilines is 1. The molecule has 1 fully saturated rings. The van der Waals surface area contributed by atoms with Gasteiger partial charge in [-0.05, 0) is 63.2 Å². The van der Waals surface area contributed by atoms with Crippen LogP contribution >= 0.6 is 0 Å². The zero-order valence-electron chi connectivity index (χ0n) is 16.1. The predicted octanol–water partition coefficient (Wildman–Crippen LogP) is 4.21. The van der Waals surface area contributed by atoms with Gasteiger partial charge in [-0.15, -0.1) is 0 Å². The molecule has 4 heteroatoms. The van der Waals surface area contributed by atoms with E-state index in [1.54, 1.807) is 0 Å². The van der Waals surface area contributed by atoms with Crippen molar-refractivity contribution in [1.29, 1.82) is 0 Å². The first-order chi connectivity index (χ1) is 12.9. The Kier molecular flexibility index (Phi) is 5.59. The molecular formula is C22H32N4. The Morgan fingerprint density at radius 2 is 1.88 bits per heavy atom. The largest absolute Gasteiger partial charge is 0.370 e. The van der Waals surface area contributed by atoms with E-state index in [9.17, 15) is 0 Å². The summed E-state index contributed by atoms with van der Waals surface area (Å²) >= 11 is 0. The maximum absolute atomic E-state index is 5.12. The molecule has 1 aromatic heterocycles. The van der Waals surface area contributed by atoms with Crippen molar-refractivity contribution in [3.63, 3.8) is 0 Å². The molecule has 0 bridgehead atoms. The van der Waals surface area contributed by atoms with E-state index in [1.807, 2.05) is 0 Å². The average Bonchev–Trinajstić information content (AvgIpc) is 2.87. The zero-order chi connectivity index (χ0) is 17.8. The molecule has 4 nitrogen and oxygen atoms in total. The number of aryl methyl sites for hydroxylation is 1. The van der Waals surface area contributed by atoms with Gasteiger partial charge < -0.3 is 10.2 Å². The number of aromatic nitrogens is 2. The summed E-state index contributed by atoms with van der Waals surface area (Å²) in [6, 6.07) is 8.71. The van der Waals surface area contributed by atoms with E-state index < -0.39 is 0 Å². The lowest BCUT2D eigenvalue weighted by atomic mass is 10.1. The van der Waals surface area contributed by atoms with Crippen LogP contribution in [-0.4, -0.2) is 40.9 Å². The Balaban J connectivity index is 1.65. The standard InChI is InChI=1S/C22H32N4/c1-2-18-10-4-5-12-21(18)26-22-19(11-6-7-14-23-22)20(24-26)13-17-25-15-8-3-9-16-25/h4-5,10,12,23H,2-3,6-9,11,13-17H2,1H3. The number of nitrogens with one attached hydrogen (secondary N) is 1. The molecule has 0 saturated carbocycles. The van der Waals surface area contributed by atoms with Crippen molar-refractivity contribution in [2.75, 3.05) is 31.5 Å². The SMILES string of the molecule is CCc1ccccc1-n1nc(CCN2CCCCC2)c2c1NCCCC2. The molecular weight excluding hydrogens is 320 g/mol. The highest BCUT2D eigenvalue weighted by Crippen LogP contribution is 2.30. The van der Waals surface area contributed by atoms with Gasteiger partial charge in [0.2, 0.25) is 0 Å². The van der Waals surface area contributed by atoms with Gasteiger partial charge in [-0.25, -0.2) is 4.68 Å². The van der Waals surface area contributed by atoms with E-state index in [1.165, 1.54) is 73.5 Å². The van der Waals surface area contributed by atoms with Crippen molar-refractivity contribution in [2.45, 2.75) is 58.3 Å². The van der Waals surface area contributed by atoms with Crippen LogP contribution in [0.5, 0.6) is 0 Å². The van der Waals surface area contributed by atoms with Crippen LogP contribution in [0.4, 0.5) is 5.82 Å². The van der Waals surface area contributed by atoms with Gasteiger partial charge in [-0.1, -0.05) is 31.5 Å². The number of hydrogen-bond acceptors (Lipinski definition) is 3. The lowest BCUT2D eigenvalue weighted by Crippen LogP contribution is -2.31. The Hall–Kier alpha value is -1.81. The molecule has 0 amide bonds. The number of hydrogen-bond donors (Lipinski definition) is 1. The second kappa shape index (κ2) is 8.26. The molecule has 2 aliphatic heterocycles. The first kappa shape index (κ1) is 17.6. The van der Waals surface area contributed by atoms with E-state index in [4.69, 9.17) is 5.10 Å². The third-order valence-corrected chi connectivity index (χ3v) is 5.93. The normalized spacial score (nSPS) is 18.2. The predicted molar refractivity (Wildman–Crippen MR) is 108 cm³/mol. The molecule has 0 unspecified atom stereocenters. The van der Waals surface area contributed by atoms with Gasteiger partial charge in [0.25, 0.3) is 0 Å². The second-order valence-electron chi connectivity index (χ2n) is 7.70. The van der Waals surface area contributed by atoms with Gasteiger partial charge in [0.15, 0.2) is 0 Å². The average molecular weight is 353 g/mol. The third-order valence-electron chi connectivity index (χ3n) is 5.93. The van der Waals surface area contributed by atoms with Crippen LogP contribution in [0.3, 0.4) is 0 Å². The number of piperidine rings is 1. The zero-order valence-corrected chi connectivity index (χ0v) is 16.1. The molecule has 0 radical (unpaired) electrons. The van der Waals surface area contributed by atoms with Crippen molar-refractivity contribution in [3.05, 3.63) is 41.1 Å². The fraction of sp³-hybridized carbons (Fsp3) is 0.591. The van der Waals surface area contributed by atoms with Gasteiger partial charge in [0, 0.05) is 25.1 Å². The van der Waals surface area contributed by atoms with Gasteiger partial charge >= 0.3 is 0 Å². The summed E-state index contributed by atoms with van der Waals surface area (Å²) in [5, 5.41) is 8.81. The molecule has 4 rings (SSSR count). The lowest BCUT2D eigenvalue weighted by molar-refractivity contribution is 0.230. The lowest BCUT2D eigenvalue weighted by Gasteiger charge is -2.26. The molecule has 0 aliphatic carbocycles. The Labute approximate surface area is 157 Å². The minimum atomic E-state index is 1.04. The van der Waals surface area contributed by atoms with Crippen molar-refractivity contribution >= 4 is 5.82 Å². The van der Waals surface area contributed by atoms with Crippen LogP contribution in [0, 0.1) is 0 Å². The molecule has 26 heavy (non-hydrogen) atoms. The molecule has 2 aromatic rings. The summed E-state index contributed by atoms with van der Waals surface area (Å²) in [5.74, 6) is 1.25. The van der Waals surface area contributed by atoms with Gasteiger partial charge in [-0.3, -0.25) is 0 Å². The molecule has 1 N–H and O–H groups in total. The molecule has 0 spiro atoms. The number of para-hydroxylation sites is 1. The van der Waals surface area contributed by atoms with Crippen molar-refractivity contribution < 1.29 is 0 Å². The van der Waals surface area contributed by atoms with Crippen LogP contribution in [0.1, 0.15) is 55.8 Å². The Morgan fingerprint density at radius 1 is 1.04 bits per heavy atom. The Bertz CT molecular complexity index is 728. The maximum Gasteiger partial charge on any atom is 0.133 e. The number of benzene rings is 1. The summed E-state index contributed by atoms with van der Waals surface area (Å²) in [7, 11) is 0. The summed E-state index contributed by atoms with van der Waals surface area (Å²) < 4.78 is 2.20. The quantitative estimate of drug-likeness (QED) is 0.875. The molecule has 2 aliphatic rings. The van der Waals surface area contributed by atoms with Gasteiger partial charge in [-0.2, -0.15) is 5.10 Å². The van der Waals surface area contributed by atoms with Crippen LogP contribution in [0.25, 0.3) is 5.69 Å². The van der Waals surface area contributed by atoms with Crippen LogP contribution < -0.4 is 5.32 Å². The number of fused-ring (bicyclic) bond motifs is 1. The van der Waals surface area contributed by atoms with Gasteiger partial charge in [0.05, 0.1) is 11.4 Å². The first-order valence-electron chi connectivity index (χ1n) is 10.5. The summed E-state index contributed by atoms with van der Waals surface area (Å²) in [6.07, 6.45) is 9.90. The van der Waals surface area contributed by atoms with Crippen LogP contribution in [0.2, 0.25) is 0 Å². The van der Waals surface area contributed by atoms with Crippen LogP contribution in [-0.2, 0) is 19.3 Å². The molecule has 1 aromatic carbocycles. The molecule has 140 valence electrons. The topological polar surface area (TPSA) is 33.1 Å². The van der Waals surface area contributed by atoms with E-state index in [0.717, 1.165) is 32.4 Å². The van der Waals surface area contributed by atoms with E-state index >= 15 is 0 Å². The highest BCUT2D eigenvalue weighted by Gasteiger charge is 2.22. The maximum atomic E-state index is 5.12. The number of likely N-dealkylation sites (tertiary alicyclic amines) is 1.